The van der Waals surface area contributed by atoms with Gasteiger partial charge in [0.15, 0.2) is 11.6 Å². The zero-order valence-corrected chi connectivity index (χ0v) is 15.9. The molecule has 0 aromatic carbocycles. The molecule has 7 heteroatoms. The van der Waals surface area contributed by atoms with E-state index in [1.54, 1.807) is 12.0 Å². The topological polar surface area (TPSA) is 54.9 Å². The number of carbonyl (C=O) groups excluding carboxylic acids is 1. The summed E-state index contributed by atoms with van der Waals surface area (Å²) in [5.41, 5.74) is -0.480. The fraction of sp³-hybridized carbons (Fsp3) is 0.625. The molecule has 1 amide bonds. The average molecular weight is 386 g/mol. The maximum absolute atomic E-state index is 12.2. The van der Waals surface area contributed by atoms with E-state index < -0.39 is 5.60 Å². The summed E-state index contributed by atoms with van der Waals surface area (Å²) in [6.45, 7) is 9.56. The number of carbonyl (C=O) groups is 1. The van der Waals surface area contributed by atoms with Crippen LogP contribution in [0.2, 0.25) is 0 Å². The molecular formula is C16H24BrN3O3. The Hall–Kier alpha value is -1.50. The Labute approximate surface area is 145 Å². The third-order valence-electron chi connectivity index (χ3n) is 3.58. The van der Waals surface area contributed by atoms with Gasteiger partial charge in [-0.05, 0) is 55.8 Å². The van der Waals surface area contributed by atoms with Gasteiger partial charge in [0, 0.05) is 25.7 Å². The molecule has 1 aliphatic heterocycles. The monoisotopic (exact) mass is 385 g/mol. The predicted molar refractivity (Wildman–Crippen MR) is 93.1 cm³/mol. The van der Waals surface area contributed by atoms with Crippen molar-refractivity contribution in [1.29, 1.82) is 0 Å². The van der Waals surface area contributed by atoms with E-state index in [1.165, 1.54) is 0 Å². The lowest BCUT2D eigenvalue weighted by molar-refractivity contribution is 0.0218. The van der Waals surface area contributed by atoms with Crippen LogP contribution in [0.3, 0.4) is 0 Å². The molecule has 0 N–H and O–H groups in total. The molecule has 2 rings (SSSR count). The molecule has 1 aromatic heterocycles. The highest BCUT2D eigenvalue weighted by atomic mass is 79.9. The standard InChI is InChI=1S/C16H24BrN3O3/c1-11-10-19(15(21)23-16(2,3)4)8-9-20(11)14-12(22-5)6-7-13(17)18-14/h6-7,11H,8-10H2,1-5H3/t11-/m0/s1. The first-order valence-corrected chi connectivity index (χ1v) is 8.45. The minimum atomic E-state index is -0.480. The second kappa shape index (κ2) is 6.95. The number of hydrogen-bond donors (Lipinski definition) is 0. The van der Waals surface area contributed by atoms with Crippen LogP contribution >= 0.6 is 15.9 Å². The minimum Gasteiger partial charge on any atom is -0.493 e. The fourth-order valence-corrected chi connectivity index (χ4v) is 2.84. The Morgan fingerprint density at radius 2 is 2.04 bits per heavy atom. The molecular weight excluding hydrogens is 362 g/mol. The van der Waals surface area contributed by atoms with Crippen molar-refractivity contribution in [2.24, 2.45) is 0 Å². The quantitative estimate of drug-likeness (QED) is 0.730. The third kappa shape index (κ3) is 4.50. The molecule has 1 aromatic rings. The number of piperazine rings is 1. The first-order chi connectivity index (χ1) is 10.7. The molecule has 6 nitrogen and oxygen atoms in total. The Bertz CT molecular complexity index is 574. The van der Waals surface area contributed by atoms with E-state index in [0.717, 1.165) is 16.2 Å². The van der Waals surface area contributed by atoms with Gasteiger partial charge in [0.05, 0.1) is 7.11 Å². The lowest BCUT2D eigenvalue weighted by Crippen LogP contribution is -2.54. The molecule has 0 spiro atoms. The van der Waals surface area contributed by atoms with Crippen molar-refractivity contribution < 1.29 is 14.3 Å². The van der Waals surface area contributed by atoms with Crippen LogP contribution in [0.4, 0.5) is 10.6 Å². The summed E-state index contributed by atoms with van der Waals surface area (Å²) >= 11 is 3.40. The molecule has 0 unspecified atom stereocenters. The van der Waals surface area contributed by atoms with Crippen LogP contribution < -0.4 is 9.64 Å². The van der Waals surface area contributed by atoms with E-state index in [9.17, 15) is 4.79 Å². The molecule has 1 saturated heterocycles. The highest BCUT2D eigenvalue weighted by Crippen LogP contribution is 2.30. The molecule has 0 aliphatic carbocycles. The summed E-state index contributed by atoms with van der Waals surface area (Å²) in [5.74, 6) is 1.52. The number of hydrogen-bond acceptors (Lipinski definition) is 5. The van der Waals surface area contributed by atoms with Gasteiger partial charge in [0.25, 0.3) is 0 Å². The minimum absolute atomic E-state index is 0.118. The van der Waals surface area contributed by atoms with Gasteiger partial charge < -0.3 is 19.3 Å². The summed E-state index contributed by atoms with van der Waals surface area (Å²) in [6.07, 6.45) is -0.266. The van der Waals surface area contributed by atoms with Gasteiger partial charge in [-0.2, -0.15) is 0 Å². The highest BCUT2D eigenvalue weighted by Gasteiger charge is 2.31. The van der Waals surface area contributed by atoms with E-state index in [0.29, 0.717) is 19.6 Å². The average Bonchev–Trinajstić information content (AvgIpc) is 2.45. The van der Waals surface area contributed by atoms with Crippen molar-refractivity contribution in [1.82, 2.24) is 9.88 Å². The van der Waals surface area contributed by atoms with Gasteiger partial charge in [-0.3, -0.25) is 0 Å². The smallest absolute Gasteiger partial charge is 0.410 e. The number of methoxy groups -OCH3 is 1. The van der Waals surface area contributed by atoms with Crippen LogP contribution in [0, 0.1) is 0 Å². The van der Waals surface area contributed by atoms with E-state index in [4.69, 9.17) is 9.47 Å². The lowest BCUT2D eigenvalue weighted by Gasteiger charge is -2.41. The maximum Gasteiger partial charge on any atom is 0.410 e. The number of halogens is 1. The molecule has 0 bridgehead atoms. The number of anilines is 1. The van der Waals surface area contributed by atoms with E-state index in [-0.39, 0.29) is 12.1 Å². The Morgan fingerprint density at radius 3 is 2.61 bits per heavy atom. The summed E-state index contributed by atoms with van der Waals surface area (Å²) in [6, 6.07) is 3.86. The second-order valence-corrected chi connectivity index (χ2v) is 7.44. The van der Waals surface area contributed by atoms with Crippen LogP contribution in [0.25, 0.3) is 0 Å². The van der Waals surface area contributed by atoms with Crippen LogP contribution in [0.5, 0.6) is 5.75 Å². The van der Waals surface area contributed by atoms with Gasteiger partial charge in [-0.1, -0.05) is 0 Å². The van der Waals surface area contributed by atoms with Crippen molar-refractivity contribution in [3.8, 4) is 5.75 Å². The molecule has 1 aliphatic rings. The molecule has 1 fully saturated rings. The van der Waals surface area contributed by atoms with Gasteiger partial charge in [-0.15, -0.1) is 0 Å². The van der Waals surface area contributed by atoms with Crippen LogP contribution in [-0.4, -0.2) is 54.4 Å². The first kappa shape index (κ1) is 17.8. The normalized spacial score (nSPS) is 18.8. The number of aromatic nitrogens is 1. The number of pyridine rings is 1. The molecule has 0 radical (unpaired) electrons. The second-order valence-electron chi connectivity index (χ2n) is 6.63. The molecule has 128 valence electrons. The zero-order chi connectivity index (χ0) is 17.2. The summed E-state index contributed by atoms with van der Waals surface area (Å²) in [5, 5.41) is 0. The SMILES string of the molecule is COc1ccc(Br)nc1N1CCN(C(=O)OC(C)(C)C)C[C@@H]1C. The summed E-state index contributed by atoms with van der Waals surface area (Å²) in [4.78, 5) is 20.7. The number of ether oxygens (including phenoxy) is 2. The van der Waals surface area contributed by atoms with Crippen molar-refractivity contribution in [3.63, 3.8) is 0 Å². The van der Waals surface area contributed by atoms with Crippen molar-refractivity contribution in [2.75, 3.05) is 31.6 Å². The lowest BCUT2D eigenvalue weighted by atomic mass is 10.2. The largest absolute Gasteiger partial charge is 0.493 e. The van der Waals surface area contributed by atoms with Gasteiger partial charge in [-0.25, -0.2) is 9.78 Å². The zero-order valence-electron chi connectivity index (χ0n) is 14.3. The Balaban J connectivity index is 2.10. The van der Waals surface area contributed by atoms with E-state index in [2.05, 4.69) is 32.7 Å². The number of nitrogens with zero attached hydrogens (tertiary/aromatic N) is 3. The fourth-order valence-electron chi connectivity index (χ4n) is 2.54. The number of amides is 1. The van der Waals surface area contributed by atoms with E-state index in [1.807, 2.05) is 32.9 Å². The van der Waals surface area contributed by atoms with Crippen LogP contribution in [0.1, 0.15) is 27.7 Å². The van der Waals surface area contributed by atoms with Gasteiger partial charge >= 0.3 is 6.09 Å². The Morgan fingerprint density at radius 1 is 1.35 bits per heavy atom. The highest BCUT2D eigenvalue weighted by molar-refractivity contribution is 9.10. The van der Waals surface area contributed by atoms with Crippen molar-refractivity contribution >= 4 is 27.8 Å². The molecule has 1 atom stereocenters. The van der Waals surface area contributed by atoms with Crippen LogP contribution in [-0.2, 0) is 4.74 Å². The predicted octanol–water partition coefficient (Wildman–Crippen LogP) is 3.30. The van der Waals surface area contributed by atoms with Crippen molar-refractivity contribution in [3.05, 3.63) is 16.7 Å². The maximum atomic E-state index is 12.2. The summed E-state index contributed by atoms with van der Waals surface area (Å²) < 4.78 is 11.6. The first-order valence-electron chi connectivity index (χ1n) is 7.66. The Kier molecular flexibility index (Phi) is 5.39. The van der Waals surface area contributed by atoms with Crippen molar-refractivity contribution in [2.45, 2.75) is 39.3 Å². The molecule has 23 heavy (non-hydrogen) atoms. The molecule has 0 saturated carbocycles. The van der Waals surface area contributed by atoms with Gasteiger partial charge in [0.1, 0.15) is 10.2 Å². The van der Waals surface area contributed by atoms with Gasteiger partial charge in [0.2, 0.25) is 0 Å². The van der Waals surface area contributed by atoms with Crippen LogP contribution in [0.15, 0.2) is 16.7 Å². The van der Waals surface area contributed by atoms with E-state index >= 15 is 0 Å². The molecule has 2 heterocycles. The summed E-state index contributed by atoms with van der Waals surface area (Å²) in [7, 11) is 1.63. The third-order valence-corrected chi connectivity index (χ3v) is 4.02. The number of rotatable bonds is 2.